The molecule has 4 aliphatic carbocycles. The van der Waals surface area contributed by atoms with Crippen molar-refractivity contribution >= 4 is 24.3 Å². The lowest BCUT2D eigenvalue weighted by atomic mass is 10.0. The molecule has 8 rings (SSSR count). The number of aryl methyl sites for hydroxylation is 4. The summed E-state index contributed by atoms with van der Waals surface area (Å²) in [7, 11) is 0. The van der Waals surface area contributed by atoms with Crippen molar-refractivity contribution in [3.8, 4) is 0 Å². The molecule has 0 unspecified atom stereocenters. The van der Waals surface area contributed by atoms with Gasteiger partial charge in [-0.15, -0.1) is 0 Å². The fraction of sp³-hybridized carbons (Fsp3) is 0.200. The lowest BCUT2D eigenvalue weighted by molar-refractivity contribution is 1.24. The topological polar surface area (TPSA) is 0 Å². The summed E-state index contributed by atoms with van der Waals surface area (Å²) in [6.07, 6.45) is 22.2. The standard InChI is InChI=1S/4C10H10/c2*1-8-4-2-5-9-6-3-7-10(8)9;2*1-8-5-6-9-3-2-4-10(9)7-8/h2-5,7H,6H2,1H3;2-6H,7H2,1H3;2,4-7H,3H2,1H3;2-3,5-7H,4H2,1H3. The van der Waals surface area contributed by atoms with Crippen LogP contribution in [-0.2, 0) is 25.7 Å². The zero-order valence-corrected chi connectivity index (χ0v) is 24.4. The van der Waals surface area contributed by atoms with Gasteiger partial charge >= 0.3 is 0 Å². The third-order valence-electron chi connectivity index (χ3n) is 7.97. The molecule has 0 saturated heterocycles. The van der Waals surface area contributed by atoms with Gasteiger partial charge in [-0.05, 0) is 109 Å². The molecule has 0 heteroatoms. The summed E-state index contributed by atoms with van der Waals surface area (Å²) in [5.41, 5.74) is 17.1. The Morgan fingerprint density at radius 2 is 1.05 bits per heavy atom. The van der Waals surface area contributed by atoms with Crippen molar-refractivity contribution in [3.05, 3.63) is 164 Å². The fourth-order valence-corrected chi connectivity index (χ4v) is 5.68. The van der Waals surface area contributed by atoms with Crippen LogP contribution in [0.2, 0.25) is 0 Å². The summed E-state index contributed by atoms with van der Waals surface area (Å²) in [5, 5.41) is 0. The van der Waals surface area contributed by atoms with Gasteiger partial charge in [-0.2, -0.15) is 0 Å². The minimum Gasteiger partial charge on any atom is -0.0795 e. The highest BCUT2D eigenvalue weighted by Crippen LogP contribution is 2.23. The molecule has 0 fully saturated rings. The molecule has 4 aromatic rings. The van der Waals surface area contributed by atoms with Crippen LogP contribution in [0.4, 0.5) is 0 Å². The molecule has 0 amide bonds. The van der Waals surface area contributed by atoms with Crippen LogP contribution >= 0.6 is 0 Å². The Labute approximate surface area is 241 Å². The summed E-state index contributed by atoms with van der Waals surface area (Å²) in [5.74, 6) is 0. The number of fused-ring (bicyclic) bond motifs is 4. The summed E-state index contributed by atoms with van der Waals surface area (Å²) in [6, 6.07) is 26.2. The van der Waals surface area contributed by atoms with Crippen molar-refractivity contribution in [3.63, 3.8) is 0 Å². The fourth-order valence-electron chi connectivity index (χ4n) is 5.68. The van der Waals surface area contributed by atoms with Crippen molar-refractivity contribution in [2.24, 2.45) is 0 Å². The van der Waals surface area contributed by atoms with Crippen molar-refractivity contribution in [2.45, 2.75) is 53.4 Å². The van der Waals surface area contributed by atoms with Crippen molar-refractivity contribution in [2.75, 3.05) is 0 Å². The molecule has 0 spiro atoms. The molecule has 4 aromatic carbocycles. The van der Waals surface area contributed by atoms with Crippen LogP contribution < -0.4 is 0 Å². The molecule has 0 saturated carbocycles. The third kappa shape index (κ3) is 6.69. The van der Waals surface area contributed by atoms with Gasteiger partial charge in [-0.25, -0.2) is 0 Å². The predicted octanol–water partition coefficient (Wildman–Crippen LogP) is 10.3. The van der Waals surface area contributed by atoms with E-state index in [9.17, 15) is 0 Å². The van der Waals surface area contributed by atoms with Gasteiger partial charge < -0.3 is 0 Å². The zero-order valence-electron chi connectivity index (χ0n) is 24.4. The molecule has 0 aliphatic heterocycles. The Balaban J connectivity index is 0.000000108. The second-order valence-electron chi connectivity index (χ2n) is 11.1. The quantitative estimate of drug-likeness (QED) is 0.216. The van der Waals surface area contributed by atoms with Gasteiger partial charge in [0, 0.05) is 0 Å². The van der Waals surface area contributed by atoms with E-state index in [1.54, 1.807) is 0 Å². The first-order chi connectivity index (χ1) is 19.5. The van der Waals surface area contributed by atoms with Gasteiger partial charge in [0.25, 0.3) is 0 Å². The highest BCUT2D eigenvalue weighted by Gasteiger charge is 2.06. The maximum Gasteiger partial charge on any atom is -0.00855 e. The largest absolute Gasteiger partial charge is 0.0795 e. The summed E-state index contributed by atoms with van der Waals surface area (Å²) >= 11 is 0. The first-order valence-corrected chi connectivity index (χ1v) is 14.5. The van der Waals surface area contributed by atoms with E-state index in [1.165, 1.54) is 66.8 Å². The highest BCUT2D eigenvalue weighted by molar-refractivity contribution is 5.63. The van der Waals surface area contributed by atoms with E-state index in [1.807, 2.05) is 0 Å². The highest BCUT2D eigenvalue weighted by atomic mass is 14.1. The van der Waals surface area contributed by atoms with Crippen LogP contribution in [0.25, 0.3) is 24.3 Å². The second kappa shape index (κ2) is 12.8. The van der Waals surface area contributed by atoms with Gasteiger partial charge in [0.2, 0.25) is 0 Å². The summed E-state index contributed by atoms with van der Waals surface area (Å²) in [4.78, 5) is 0. The molecule has 4 aliphatic rings. The molecule has 200 valence electrons. The average molecular weight is 521 g/mol. The van der Waals surface area contributed by atoms with Crippen molar-refractivity contribution in [1.29, 1.82) is 0 Å². The SMILES string of the molecule is Cc1ccc2c(c1)C=CC2.Cc1ccc2c(c1)CC=C2.Cc1cccc2c1C=CC2.Cc1cccc2c1CC=C2. The Hall–Kier alpha value is -4.16. The van der Waals surface area contributed by atoms with Gasteiger partial charge in [0.05, 0.1) is 0 Å². The van der Waals surface area contributed by atoms with E-state index in [-0.39, 0.29) is 0 Å². The molecule has 0 heterocycles. The van der Waals surface area contributed by atoms with Crippen LogP contribution in [0, 0.1) is 27.7 Å². The van der Waals surface area contributed by atoms with Gasteiger partial charge in [-0.3, -0.25) is 0 Å². The molecule has 0 radical (unpaired) electrons. The average Bonchev–Trinajstić information content (AvgIpc) is 3.76. The lowest BCUT2D eigenvalue weighted by Gasteiger charge is -2.00. The third-order valence-corrected chi connectivity index (χ3v) is 7.97. The van der Waals surface area contributed by atoms with Crippen LogP contribution in [0.1, 0.15) is 66.8 Å². The molecule has 0 aromatic heterocycles. The number of hydrogen-bond acceptors (Lipinski definition) is 0. The van der Waals surface area contributed by atoms with Crippen molar-refractivity contribution < 1.29 is 0 Å². The van der Waals surface area contributed by atoms with Crippen LogP contribution in [0.15, 0.2) is 97.1 Å². The Bertz CT molecular complexity index is 1620. The molecule has 0 N–H and O–H groups in total. The van der Waals surface area contributed by atoms with E-state index < -0.39 is 0 Å². The van der Waals surface area contributed by atoms with E-state index in [2.05, 4.69) is 149 Å². The smallest absolute Gasteiger partial charge is 0.00855 e. The van der Waals surface area contributed by atoms with E-state index in [4.69, 9.17) is 0 Å². The summed E-state index contributed by atoms with van der Waals surface area (Å²) in [6.45, 7) is 8.60. The van der Waals surface area contributed by atoms with Crippen LogP contribution in [0.5, 0.6) is 0 Å². The maximum absolute atomic E-state index is 2.26. The van der Waals surface area contributed by atoms with Crippen LogP contribution in [-0.4, -0.2) is 0 Å². The Kier molecular flexibility index (Phi) is 8.77. The normalized spacial score (nSPS) is 13.7. The summed E-state index contributed by atoms with van der Waals surface area (Å²) < 4.78 is 0. The minimum atomic E-state index is 1.12. The molecule has 0 nitrogen and oxygen atoms in total. The van der Waals surface area contributed by atoms with E-state index >= 15 is 0 Å². The molecular formula is C40H40. The predicted molar refractivity (Wildman–Crippen MR) is 176 cm³/mol. The monoisotopic (exact) mass is 520 g/mol. The number of rotatable bonds is 0. The maximum atomic E-state index is 2.26. The van der Waals surface area contributed by atoms with Gasteiger partial charge in [0.15, 0.2) is 0 Å². The first kappa shape index (κ1) is 27.4. The van der Waals surface area contributed by atoms with Gasteiger partial charge in [0.1, 0.15) is 0 Å². The van der Waals surface area contributed by atoms with E-state index in [0.717, 1.165) is 25.7 Å². The molecule has 0 bridgehead atoms. The molecule has 0 atom stereocenters. The lowest BCUT2D eigenvalue weighted by Crippen LogP contribution is -1.84. The second-order valence-corrected chi connectivity index (χ2v) is 11.1. The molecular weight excluding hydrogens is 480 g/mol. The minimum absolute atomic E-state index is 1.12. The Morgan fingerprint density at radius 3 is 1.88 bits per heavy atom. The van der Waals surface area contributed by atoms with E-state index in [0.29, 0.717) is 0 Å². The van der Waals surface area contributed by atoms with Crippen LogP contribution in [0.3, 0.4) is 0 Å². The van der Waals surface area contributed by atoms with Crippen molar-refractivity contribution in [1.82, 2.24) is 0 Å². The number of hydrogen-bond donors (Lipinski definition) is 0. The zero-order chi connectivity index (χ0) is 27.9. The Morgan fingerprint density at radius 1 is 0.425 bits per heavy atom. The number of benzene rings is 4. The first-order valence-electron chi connectivity index (χ1n) is 14.5. The molecule has 40 heavy (non-hydrogen) atoms. The number of allylic oxidation sites excluding steroid dienone is 4. The van der Waals surface area contributed by atoms with Gasteiger partial charge in [-0.1, -0.05) is 133 Å².